The Bertz CT molecular complexity index is 487. The maximum Gasteiger partial charge on any atom is 0.303 e. The van der Waals surface area contributed by atoms with Crippen molar-refractivity contribution in [3.63, 3.8) is 0 Å². The van der Waals surface area contributed by atoms with E-state index in [1.807, 2.05) is 6.07 Å². The Balaban J connectivity index is 1.73. The van der Waals surface area contributed by atoms with Gasteiger partial charge in [0.15, 0.2) is 0 Å². The summed E-state index contributed by atoms with van der Waals surface area (Å²) in [4.78, 5) is 15.2. The number of rotatable bonds is 7. The Labute approximate surface area is 131 Å². The van der Waals surface area contributed by atoms with E-state index in [0.29, 0.717) is 0 Å². The molecule has 0 aliphatic carbocycles. The quantitative estimate of drug-likeness (QED) is 0.787. The highest BCUT2D eigenvalue weighted by molar-refractivity contribution is 5.66. The molecular weight excluding hydrogens is 283 g/mol. The Kier molecular flexibility index (Phi) is 6.34. The van der Waals surface area contributed by atoms with Gasteiger partial charge in [0.2, 0.25) is 0 Å². The van der Waals surface area contributed by atoms with Crippen LogP contribution in [0.25, 0.3) is 0 Å². The molecule has 122 valence electrons. The monoisotopic (exact) mass is 308 g/mol. The van der Waals surface area contributed by atoms with Crippen molar-refractivity contribution in [1.29, 1.82) is 0 Å². The molecule has 0 saturated carbocycles. The highest BCUT2D eigenvalue weighted by atomic mass is 19.1. The summed E-state index contributed by atoms with van der Waals surface area (Å²) < 4.78 is 13.3. The summed E-state index contributed by atoms with van der Waals surface area (Å²) in [6, 6.07) is 7.06. The second-order valence-corrected chi connectivity index (χ2v) is 5.96. The smallest absolute Gasteiger partial charge is 0.303 e. The van der Waals surface area contributed by atoms with Gasteiger partial charge in [0.05, 0.1) is 0 Å². The zero-order valence-electron chi connectivity index (χ0n) is 13.2. The van der Waals surface area contributed by atoms with Gasteiger partial charge in [-0.3, -0.25) is 9.69 Å². The van der Waals surface area contributed by atoms with Crippen molar-refractivity contribution >= 4 is 5.97 Å². The summed E-state index contributed by atoms with van der Waals surface area (Å²) in [6.45, 7) is 7.01. The number of unbranched alkanes of at least 4 members (excludes halogenated alkanes) is 1. The third-order valence-corrected chi connectivity index (χ3v) is 4.40. The molecular formula is C17H25FN2O2. The van der Waals surface area contributed by atoms with Crippen molar-refractivity contribution in [3.8, 4) is 0 Å². The van der Waals surface area contributed by atoms with Gasteiger partial charge in [-0.2, -0.15) is 0 Å². The summed E-state index contributed by atoms with van der Waals surface area (Å²) >= 11 is 0. The molecule has 1 aromatic carbocycles. The van der Waals surface area contributed by atoms with Gasteiger partial charge in [-0.15, -0.1) is 0 Å². The topological polar surface area (TPSA) is 43.8 Å². The van der Waals surface area contributed by atoms with Crippen molar-refractivity contribution in [2.24, 2.45) is 0 Å². The number of nitrogens with zero attached hydrogens (tertiary/aromatic N) is 2. The number of benzene rings is 1. The van der Waals surface area contributed by atoms with Crippen molar-refractivity contribution in [2.45, 2.75) is 32.2 Å². The number of carbonyl (C=O) groups is 1. The summed E-state index contributed by atoms with van der Waals surface area (Å²) in [5.74, 6) is -0.893. The van der Waals surface area contributed by atoms with Crippen LogP contribution in [0.2, 0.25) is 0 Å². The van der Waals surface area contributed by atoms with Crippen LogP contribution in [0, 0.1) is 5.82 Å². The fraction of sp³-hybridized carbons (Fsp3) is 0.588. The molecule has 1 aliphatic rings. The van der Waals surface area contributed by atoms with Crippen LogP contribution in [-0.2, 0) is 4.79 Å². The van der Waals surface area contributed by atoms with E-state index < -0.39 is 5.97 Å². The molecule has 4 nitrogen and oxygen atoms in total. The molecule has 0 radical (unpaired) electrons. The van der Waals surface area contributed by atoms with Crippen molar-refractivity contribution in [2.75, 3.05) is 32.7 Å². The van der Waals surface area contributed by atoms with E-state index in [2.05, 4.69) is 16.7 Å². The largest absolute Gasteiger partial charge is 0.481 e. The second kappa shape index (κ2) is 8.25. The first-order chi connectivity index (χ1) is 10.6. The predicted octanol–water partition coefficient (Wildman–Crippen LogP) is 2.76. The van der Waals surface area contributed by atoms with Crippen molar-refractivity contribution in [1.82, 2.24) is 9.80 Å². The molecule has 1 unspecified atom stereocenters. The average Bonchev–Trinajstić information content (AvgIpc) is 2.51. The fourth-order valence-electron chi connectivity index (χ4n) is 2.96. The van der Waals surface area contributed by atoms with Gasteiger partial charge in [-0.25, -0.2) is 4.39 Å². The lowest BCUT2D eigenvalue weighted by molar-refractivity contribution is -0.137. The standard InChI is InChI=1S/C17H25FN2O2/c1-14(15-5-4-6-16(18)13-15)20-11-9-19(10-12-20)8-3-2-7-17(21)22/h4-6,13-14H,2-3,7-12H2,1H3,(H,21,22). The summed E-state index contributed by atoms with van der Waals surface area (Å²) in [6.07, 6.45) is 1.94. The van der Waals surface area contributed by atoms with E-state index in [4.69, 9.17) is 5.11 Å². The minimum atomic E-state index is -0.714. The Morgan fingerprint density at radius 1 is 1.27 bits per heavy atom. The van der Waals surface area contributed by atoms with Gasteiger partial charge in [0.1, 0.15) is 5.82 Å². The maximum absolute atomic E-state index is 13.3. The zero-order valence-corrected chi connectivity index (χ0v) is 13.2. The minimum absolute atomic E-state index is 0.179. The third kappa shape index (κ3) is 5.07. The van der Waals surface area contributed by atoms with Crippen LogP contribution in [0.1, 0.15) is 37.8 Å². The fourth-order valence-corrected chi connectivity index (χ4v) is 2.96. The third-order valence-electron chi connectivity index (χ3n) is 4.40. The maximum atomic E-state index is 13.3. The number of piperazine rings is 1. The Morgan fingerprint density at radius 3 is 2.64 bits per heavy atom. The van der Waals surface area contributed by atoms with E-state index >= 15 is 0 Å². The van der Waals surface area contributed by atoms with E-state index in [1.165, 1.54) is 6.07 Å². The molecule has 5 heteroatoms. The summed E-state index contributed by atoms with van der Waals surface area (Å²) in [5.41, 5.74) is 1.02. The lowest BCUT2D eigenvalue weighted by Gasteiger charge is -2.38. The molecule has 1 atom stereocenters. The molecule has 1 fully saturated rings. The van der Waals surface area contributed by atoms with Gasteiger partial charge in [-0.1, -0.05) is 12.1 Å². The first kappa shape index (κ1) is 16.9. The minimum Gasteiger partial charge on any atom is -0.481 e. The molecule has 2 rings (SSSR count). The molecule has 1 saturated heterocycles. The number of hydrogen-bond acceptors (Lipinski definition) is 3. The van der Waals surface area contributed by atoms with Gasteiger partial charge in [0.25, 0.3) is 0 Å². The van der Waals surface area contributed by atoms with Crippen LogP contribution in [-0.4, -0.2) is 53.6 Å². The van der Waals surface area contributed by atoms with Crippen LogP contribution in [0.3, 0.4) is 0 Å². The van der Waals surface area contributed by atoms with Gasteiger partial charge >= 0.3 is 5.97 Å². The van der Waals surface area contributed by atoms with Crippen molar-refractivity contribution < 1.29 is 14.3 Å². The molecule has 0 amide bonds. The number of hydrogen-bond donors (Lipinski definition) is 1. The zero-order chi connectivity index (χ0) is 15.9. The lowest BCUT2D eigenvalue weighted by atomic mass is 10.1. The predicted molar refractivity (Wildman–Crippen MR) is 84.3 cm³/mol. The van der Waals surface area contributed by atoms with Gasteiger partial charge in [-0.05, 0) is 44.0 Å². The Morgan fingerprint density at radius 2 is 2.00 bits per heavy atom. The molecule has 0 spiro atoms. The van der Waals surface area contributed by atoms with E-state index in [9.17, 15) is 9.18 Å². The Hall–Kier alpha value is -1.46. The molecule has 1 aromatic rings. The van der Waals surface area contributed by atoms with Gasteiger partial charge in [0, 0.05) is 38.6 Å². The van der Waals surface area contributed by atoms with E-state index in [-0.39, 0.29) is 18.3 Å². The highest BCUT2D eigenvalue weighted by Gasteiger charge is 2.21. The number of carboxylic acid groups (broad SMARTS) is 1. The summed E-state index contributed by atoms with van der Waals surface area (Å²) in [5, 5.41) is 8.63. The number of halogens is 1. The normalized spacial score (nSPS) is 18.3. The second-order valence-electron chi connectivity index (χ2n) is 5.96. The van der Waals surface area contributed by atoms with E-state index in [1.54, 1.807) is 12.1 Å². The number of aliphatic carboxylic acids is 1. The highest BCUT2D eigenvalue weighted by Crippen LogP contribution is 2.22. The first-order valence-electron chi connectivity index (χ1n) is 8.00. The lowest BCUT2D eigenvalue weighted by Crippen LogP contribution is -2.47. The van der Waals surface area contributed by atoms with Crippen LogP contribution < -0.4 is 0 Å². The molecule has 1 heterocycles. The number of carboxylic acids is 1. The molecule has 1 aliphatic heterocycles. The van der Waals surface area contributed by atoms with Crippen LogP contribution in [0.4, 0.5) is 4.39 Å². The van der Waals surface area contributed by atoms with Crippen molar-refractivity contribution in [3.05, 3.63) is 35.6 Å². The average molecular weight is 308 g/mol. The SMILES string of the molecule is CC(c1cccc(F)c1)N1CCN(CCCCC(=O)O)CC1. The molecule has 22 heavy (non-hydrogen) atoms. The first-order valence-corrected chi connectivity index (χ1v) is 8.00. The summed E-state index contributed by atoms with van der Waals surface area (Å²) in [7, 11) is 0. The van der Waals surface area contributed by atoms with Crippen LogP contribution in [0.5, 0.6) is 0 Å². The van der Waals surface area contributed by atoms with Crippen LogP contribution in [0.15, 0.2) is 24.3 Å². The van der Waals surface area contributed by atoms with Gasteiger partial charge < -0.3 is 10.0 Å². The molecule has 0 bridgehead atoms. The van der Waals surface area contributed by atoms with Crippen LogP contribution >= 0.6 is 0 Å². The molecule has 0 aromatic heterocycles. The van der Waals surface area contributed by atoms with E-state index in [0.717, 1.165) is 51.1 Å². The molecule has 1 N–H and O–H groups in total.